The van der Waals surface area contributed by atoms with Crippen LogP contribution in [0.4, 0.5) is 0 Å². The maximum Gasteiger partial charge on any atom is 0.326 e. The summed E-state index contributed by atoms with van der Waals surface area (Å²) in [5, 5.41) is 26.4. The molecule has 0 aromatic heterocycles. The molecule has 1 rings (SSSR count). The largest absolute Gasteiger partial charge is 0.480 e. The van der Waals surface area contributed by atoms with Crippen molar-refractivity contribution in [2.45, 2.75) is 43.4 Å². The SMILES string of the molecule is CSCCC(NC(=O)C(CCSC)NC(=O)C(CO)NC(=O)C(N)Cc1ccccc1)C(=O)O. The van der Waals surface area contributed by atoms with Gasteiger partial charge in [-0.2, -0.15) is 23.5 Å². The van der Waals surface area contributed by atoms with E-state index in [0.717, 1.165) is 5.56 Å². The number of rotatable bonds is 16. The highest BCUT2D eigenvalue weighted by Crippen LogP contribution is 2.06. The first kappa shape index (κ1) is 29.8. The lowest BCUT2D eigenvalue weighted by Gasteiger charge is -2.24. The molecular weight excluding hydrogens is 480 g/mol. The van der Waals surface area contributed by atoms with Crippen LogP contribution in [-0.2, 0) is 25.6 Å². The third-order valence-electron chi connectivity index (χ3n) is 4.92. The van der Waals surface area contributed by atoms with Crippen LogP contribution in [0.1, 0.15) is 18.4 Å². The maximum atomic E-state index is 12.7. The molecule has 7 N–H and O–H groups in total. The number of aliphatic hydroxyl groups is 1. The number of amides is 3. The van der Waals surface area contributed by atoms with Crippen molar-refractivity contribution in [2.24, 2.45) is 5.73 Å². The Morgan fingerprint density at radius 2 is 1.35 bits per heavy atom. The number of aliphatic hydroxyl groups excluding tert-OH is 1. The quantitative estimate of drug-likeness (QED) is 0.172. The number of carboxylic acids is 1. The van der Waals surface area contributed by atoms with Gasteiger partial charge in [-0.15, -0.1) is 0 Å². The van der Waals surface area contributed by atoms with Crippen LogP contribution in [0.2, 0.25) is 0 Å². The van der Waals surface area contributed by atoms with Gasteiger partial charge >= 0.3 is 5.97 Å². The molecule has 0 spiro atoms. The third-order valence-corrected chi connectivity index (χ3v) is 6.21. The highest BCUT2D eigenvalue weighted by Gasteiger charge is 2.29. The molecule has 0 aliphatic heterocycles. The second-order valence-electron chi connectivity index (χ2n) is 7.56. The zero-order valence-electron chi connectivity index (χ0n) is 19.4. The fourth-order valence-electron chi connectivity index (χ4n) is 2.98. The molecule has 34 heavy (non-hydrogen) atoms. The predicted molar refractivity (Wildman–Crippen MR) is 135 cm³/mol. The van der Waals surface area contributed by atoms with Crippen molar-refractivity contribution in [3.05, 3.63) is 35.9 Å². The van der Waals surface area contributed by atoms with Gasteiger partial charge in [-0.25, -0.2) is 4.79 Å². The summed E-state index contributed by atoms with van der Waals surface area (Å²) < 4.78 is 0. The van der Waals surface area contributed by atoms with Crippen molar-refractivity contribution in [2.75, 3.05) is 30.6 Å². The van der Waals surface area contributed by atoms with Gasteiger partial charge in [0.2, 0.25) is 17.7 Å². The highest BCUT2D eigenvalue weighted by atomic mass is 32.2. The Morgan fingerprint density at radius 3 is 1.88 bits per heavy atom. The first-order chi connectivity index (χ1) is 16.2. The van der Waals surface area contributed by atoms with Gasteiger partial charge < -0.3 is 31.9 Å². The number of nitrogens with one attached hydrogen (secondary N) is 3. The number of hydrogen-bond donors (Lipinski definition) is 6. The summed E-state index contributed by atoms with van der Waals surface area (Å²) in [6.45, 7) is -0.696. The number of carboxylic acid groups (broad SMARTS) is 1. The second kappa shape index (κ2) is 16.4. The fourth-order valence-corrected chi connectivity index (χ4v) is 3.92. The van der Waals surface area contributed by atoms with Crippen molar-refractivity contribution in [3.8, 4) is 0 Å². The predicted octanol–water partition coefficient (Wildman–Crippen LogP) is -0.406. The maximum absolute atomic E-state index is 12.7. The minimum atomic E-state index is -1.31. The number of thioether (sulfide) groups is 2. The molecule has 0 aliphatic carbocycles. The number of hydrogen-bond acceptors (Lipinski definition) is 8. The summed E-state index contributed by atoms with van der Waals surface area (Å²) >= 11 is 2.91. The van der Waals surface area contributed by atoms with E-state index < -0.39 is 54.5 Å². The van der Waals surface area contributed by atoms with E-state index >= 15 is 0 Å². The molecule has 190 valence electrons. The molecule has 0 saturated heterocycles. The van der Waals surface area contributed by atoms with E-state index in [2.05, 4.69) is 16.0 Å². The molecule has 4 atom stereocenters. The first-order valence-corrected chi connectivity index (χ1v) is 13.5. The van der Waals surface area contributed by atoms with E-state index in [0.29, 0.717) is 11.5 Å². The topological polar surface area (TPSA) is 171 Å². The Bertz CT molecular complexity index is 799. The van der Waals surface area contributed by atoms with Crippen molar-refractivity contribution in [1.82, 2.24) is 16.0 Å². The van der Waals surface area contributed by atoms with Crippen molar-refractivity contribution >= 4 is 47.2 Å². The second-order valence-corrected chi connectivity index (χ2v) is 9.53. The van der Waals surface area contributed by atoms with Gasteiger partial charge in [0, 0.05) is 0 Å². The van der Waals surface area contributed by atoms with Gasteiger partial charge in [-0.1, -0.05) is 30.3 Å². The lowest BCUT2D eigenvalue weighted by atomic mass is 10.1. The van der Waals surface area contributed by atoms with Crippen LogP contribution < -0.4 is 21.7 Å². The van der Waals surface area contributed by atoms with E-state index in [-0.39, 0.29) is 19.3 Å². The molecule has 0 saturated carbocycles. The average molecular weight is 515 g/mol. The van der Waals surface area contributed by atoms with E-state index in [9.17, 15) is 29.4 Å². The molecule has 3 amide bonds. The van der Waals surface area contributed by atoms with Gasteiger partial charge in [0.05, 0.1) is 12.6 Å². The molecule has 4 unspecified atom stereocenters. The number of benzene rings is 1. The Hall–Kier alpha value is -2.28. The normalized spacial score (nSPS) is 14.4. The summed E-state index contributed by atoms with van der Waals surface area (Å²) in [5.74, 6) is -2.11. The summed E-state index contributed by atoms with van der Waals surface area (Å²) in [5.41, 5.74) is 6.79. The van der Waals surface area contributed by atoms with Gasteiger partial charge in [-0.05, 0) is 48.8 Å². The van der Waals surface area contributed by atoms with Crippen LogP contribution in [0, 0.1) is 0 Å². The lowest BCUT2D eigenvalue weighted by Crippen LogP contribution is -2.58. The first-order valence-electron chi connectivity index (χ1n) is 10.8. The minimum Gasteiger partial charge on any atom is -0.480 e. The van der Waals surface area contributed by atoms with Crippen LogP contribution in [0.5, 0.6) is 0 Å². The average Bonchev–Trinajstić information content (AvgIpc) is 2.82. The smallest absolute Gasteiger partial charge is 0.326 e. The lowest BCUT2D eigenvalue weighted by molar-refractivity contribution is -0.142. The molecule has 1 aromatic rings. The number of carbonyl (C=O) groups is 4. The third kappa shape index (κ3) is 10.8. The summed E-state index contributed by atoms with van der Waals surface area (Å²) in [4.78, 5) is 49.4. The standard InChI is InChI=1S/C22H34N4O6S2/c1-33-10-8-16(20(29)25-17(22(31)32)9-11-34-2)24-21(30)18(13-27)26-19(28)15(23)12-14-6-4-3-5-7-14/h3-7,15-18,27H,8-13,23H2,1-2H3,(H,24,30)(H,25,29)(H,26,28)(H,31,32). The van der Waals surface area contributed by atoms with Crippen LogP contribution in [-0.4, -0.2) is 88.7 Å². The van der Waals surface area contributed by atoms with E-state index in [4.69, 9.17) is 5.73 Å². The number of aliphatic carboxylic acids is 1. The number of carbonyl (C=O) groups excluding carboxylic acids is 3. The molecule has 0 radical (unpaired) electrons. The summed E-state index contributed by atoms with van der Waals surface area (Å²) in [6, 6.07) is 4.76. The minimum absolute atomic E-state index is 0.236. The van der Waals surface area contributed by atoms with Gasteiger partial charge in [0.1, 0.15) is 18.1 Å². The molecule has 0 aliphatic rings. The van der Waals surface area contributed by atoms with Crippen LogP contribution >= 0.6 is 23.5 Å². The summed E-state index contributed by atoms with van der Waals surface area (Å²) in [6.07, 6.45) is 4.39. The molecule has 0 bridgehead atoms. The van der Waals surface area contributed by atoms with Crippen LogP contribution in [0.3, 0.4) is 0 Å². The summed E-state index contributed by atoms with van der Waals surface area (Å²) in [7, 11) is 0. The molecule has 1 aromatic carbocycles. The van der Waals surface area contributed by atoms with Crippen molar-refractivity contribution in [1.29, 1.82) is 0 Å². The molecule has 12 heteroatoms. The molecule has 0 heterocycles. The number of nitrogens with two attached hydrogens (primary N) is 1. The fraction of sp³-hybridized carbons (Fsp3) is 0.545. The van der Waals surface area contributed by atoms with E-state index in [1.807, 2.05) is 42.8 Å². The van der Waals surface area contributed by atoms with Gasteiger partial charge in [0.15, 0.2) is 0 Å². The monoisotopic (exact) mass is 514 g/mol. The molecule has 10 nitrogen and oxygen atoms in total. The van der Waals surface area contributed by atoms with Crippen LogP contribution in [0.15, 0.2) is 30.3 Å². The zero-order valence-corrected chi connectivity index (χ0v) is 21.0. The Balaban J connectivity index is 2.79. The molecule has 0 fully saturated rings. The van der Waals surface area contributed by atoms with Gasteiger partial charge in [0.25, 0.3) is 0 Å². The van der Waals surface area contributed by atoms with Crippen molar-refractivity contribution < 1.29 is 29.4 Å². The van der Waals surface area contributed by atoms with Crippen molar-refractivity contribution in [3.63, 3.8) is 0 Å². The molecular formula is C22H34N4O6S2. The van der Waals surface area contributed by atoms with E-state index in [1.54, 1.807) is 0 Å². The Kier molecular flexibility index (Phi) is 14.3. The highest BCUT2D eigenvalue weighted by molar-refractivity contribution is 7.98. The Labute approximate surface area is 208 Å². The Morgan fingerprint density at radius 1 is 0.853 bits per heavy atom. The zero-order chi connectivity index (χ0) is 25.5. The van der Waals surface area contributed by atoms with E-state index in [1.165, 1.54) is 23.5 Å². The van der Waals surface area contributed by atoms with Gasteiger partial charge in [-0.3, -0.25) is 14.4 Å². The van der Waals surface area contributed by atoms with Crippen LogP contribution in [0.25, 0.3) is 0 Å².